The van der Waals surface area contributed by atoms with Gasteiger partial charge in [0.1, 0.15) is 11.6 Å². The van der Waals surface area contributed by atoms with Crippen LogP contribution in [0.3, 0.4) is 0 Å². The Kier molecular flexibility index (Phi) is 7.73. The summed E-state index contributed by atoms with van der Waals surface area (Å²) in [6.07, 6.45) is 1.08. The predicted octanol–water partition coefficient (Wildman–Crippen LogP) is 1.74. The van der Waals surface area contributed by atoms with Crippen molar-refractivity contribution in [1.29, 1.82) is 0 Å². The summed E-state index contributed by atoms with van der Waals surface area (Å²) in [6.45, 7) is 6.29. The maximum Gasteiger partial charge on any atom is 0.250 e. The molecule has 3 aliphatic rings. The molecule has 10 heteroatoms. The molecule has 4 rings (SSSR count). The van der Waals surface area contributed by atoms with Crippen molar-refractivity contribution < 1.29 is 24.2 Å². The van der Waals surface area contributed by atoms with E-state index in [4.69, 9.17) is 4.74 Å². The van der Waals surface area contributed by atoms with Crippen LogP contribution in [0.5, 0.6) is 0 Å². The minimum atomic E-state index is -1.07. The van der Waals surface area contributed by atoms with Crippen molar-refractivity contribution in [3.8, 4) is 0 Å². The molecule has 0 radical (unpaired) electrons. The fraction of sp³-hybridized carbons (Fsp3) is 0.640. The van der Waals surface area contributed by atoms with Gasteiger partial charge in [0.05, 0.1) is 17.9 Å². The third-order valence-corrected chi connectivity index (χ3v) is 8.50. The normalized spacial score (nSPS) is 30.9. The zero-order valence-electron chi connectivity index (χ0n) is 20.5. The number of alkyl halides is 1. The van der Waals surface area contributed by atoms with Gasteiger partial charge in [-0.25, -0.2) is 0 Å². The summed E-state index contributed by atoms with van der Waals surface area (Å²) < 4.78 is 6.40. The lowest BCUT2D eigenvalue weighted by Crippen LogP contribution is -2.54. The molecule has 3 N–H and O–H groups in total. The average Bonchev–Trinajstić information content (AvgIpc) is 3.44. The number of anilines is 2. The number of aliphatic hydroxyl groups excluding tert-OH is 1. The van der Waals surface area contributed by atoms with Crippen LogP contribution in [0.1, 0.15) is 33.1 Å². The number of nitrogens with one attached hydrogen (secondary N) is 2. The highest BCUT2D eigenvalue weighted by molar-refractivity contribution is 9.09. The molecule has 0 aromatic heterocycles. The first-order valence-corrected chi connectivity index (χ1v) is 13.3. The zero-order valence-corrected chi connectivity index (χ0v) is 22.1. The lowest BCUT2D eigenvalue weighted by Gasteiger charge is -2.34. The first-order chi connectivity index (χ1) is 16.8. The molecule has 1 aromatic rings. The van der Waals surface area contributed by atoms with Crippen molar-refractivity contribution in [1.82, 2.24) is 10.2 Å². The summed E-state index contributed by atoms with van der Waals surface area (Å²) in [5, 5.41) is 14.9. The predicted molar refractivity (Wildman–Crippen MR) is 136 cm³/mol. The van der Waals surface area contributed by atoms with E-state index in [0.717, 1.165) is 18.8 Å². The second-order valence-electron chi connectivity index (χ2n) is 9.45. The highest BCUT2D eigenvalue weighted by Gasteiger charge is 2.76. The Bertz CT molecular complexity index is 956. The number of hydrogen-bond acceptors (Lipinski definition) is 6. The molecular formula is C25H35BrN4O5. The van der Waals surface area contributed by atoms with Gasteiger partial charge in [0.2, 0.25) is 17.7 Å². The van der Waals surface area contributed by atoms with E-state index in [9.17, 15) is 19.5 Å². The maximum atomic E-state index is 13.8. The summed E-state index contributed by atoms with van der Waals surface area (Å²) in [5.74, 6) is -2.16. The molecule has 6 atom stereocenters. The SMILES string of the molecule is CCN(CC)c1ccc(NC(=O)C2N(CCCCO)C(=O)[C@@H]3[C@@H](C(=O)NC)[C@@H]4OC23CC4Br)cc1. The number of halogens is 1. The van der Waals surface area contributed by atoms with Gasteiger partial charge in [-0.1, -0.05) is 15.9 Å². The van der Waals surface area contributed by atoms with Gasteiger partial charge >= 0.3 is 0 Å². The van der Waals surface area contributed by atoms with Crippen molar-refractivity contribution in [3.05, 3.63) is 24.3 Å². The number of aliphatic hydroxyl groups is 1. The zero-order chi connectivity index (χ0) is 25.3. The number of unbranched alkanes of at least 4 members (excludes halogenated alkanes) is 1. The molecule has 3 fully saturated rings. The smallest absolute Gasteiger partial charge is 0.250 e. The van der Waals surface area contributed by atoms with Crippen LogP contribution < -0.4 is 15.5 Å². The molecule has 3 aliphatic heterocycles. The number of carbonyl (C=O) groups is 3. The Morgan fingerprint density at radius 3 is 2.49 bits per heavy atom. The molecule has 0 aliphatic carbocycles. The summed E-state index contributed by atoms with van der Waals surface area (Å²) in [4.78, 5) is 43.8. The Morgan fingerprint density at radius 1 is 1.20 bits per heavy atom. The fourth-order valence-corrected chi connectivity index (χ4v) is 7.03. The van der Waals surface area contributed by atoms with E-state index in [1.165, 1.54) is 0 Å². The second kappa shape index (κ2) is 10.4. The van der Waals surface area contributed by atoms with Crippen LogP contribution in [0.25, 0.3) is 0 Å². The van der Waals surface area contributed by atoms with Gasteiger partial charge in [-0.05, 0) is 57.4 Å². The van der Waals surface area contributed by atoms with Crippen LogP contribution in [-0.4, -0.2) is 83.6 Å². The van der Waals surface area contributed by atoms with Crippen molar-refractivity contribution in [3.63, 3.8) is 0 Å². The Balaban J connectivity index is 1.63. The van der Waals surface area contributed by atoms with E-state index in [2.05, 4.69) is 45.3 Å². The number of carbonyl (C=O) groups excluding carboxylic acids is 3. The number of benzene rings is 1. The van der Waals surface area contributed by atoms with Crippen LogP contribution in [0, 0.1) is 11.8 Å². The largest absolute Gasteiger partial charge is 0.396 e. The van der Waals surface area contributed by atoms with Gasteiger partial charge in [0.15, 0.2) is 0 Å². The van der Waals surface area contributed by atoms with E-state index in [0.29, 0.717) is 31.5 Å². The fourth-order valence-electron chi connectivity index (χ4n) is 6.09. The molecule has 2 bridgehead atoms. The monoisotopic (exact) mass is 550 g/mol. The molecule has 1 aromatic carbocycles. The molecule has 0 saturated carbocycles. The number of likely N-dealkylation sites (tertiary alicyclic amines) is 1. The van der Waals surface area contributed by atoms with Crippen LogP contribution in [0.4, 0.5) is 11.4 Å². The number of hydrogen-bond donors (Lipinski definition) is 3. The standard InChI is InChI=1S/C25H35BrN4O5/c1-4-29(5-2)16-10-8-15(9-11-16)28-23(33)21-25-14-17(26)20(35-25)18(22(32)27-3)19(25)24(34)30(21)12-6-7-13-31/h8-11,17-21,31H,4-7,12-14H2,1-3H3,(H,27,32)(H,28,33)/t17?,18-,19+,20-,21?,25?/m1/s1. The van der Waals surface area contributed by atoms with Crippen molar-refractivity contribution >= 4 is 45.0 Å². The second-order valence-corrected chi connectivity index (χ2v) is 10.6. The average molecular weight is 551 g/mol. The van der Waals surface area contributed by atoms with E-state index >= 15 is 0 Å². The van der Waals surface area contributed by atoms with Crippen LogP contribution in [0.2, 0.25) is 0 Å². The summed E-state index contributed by atoms with van der Waals surface area (Å²) in [7, 11) is 1.55. The van der Waals surface area contributed by atoms with Gasteiger partial charge in [-0.15, -0.1) is 0 Å². The van der Waals surface area contributed by atoms with E-state index in [1.54, 1.807) is 11.9 Å². The quantitative estimate of drug-likeness (QED) is 0.302. The number of nitrogens with zero attached hydrogens (tertiary/aromatic N) is 2. The highest BCUT2D eigenvalue weighted by atomic mass is 79.9. The summed E-state index contributed by atoms with van der Waals surface area (Å²) in [5.41, 5.74) is 0.637. The molecule has 35 heavy (non-hydrogen) atoms. The van der Waals surface area contributed by atoms with Gasteiger partial charge in [-0.2, -0.15) is 0 Å². The van der Waals surface area contributed by atoms with Crippen molar-refractivity contribution in [2.45, 2.75) is 55.7 Å². The molecule has 3 saturated heterocycles. The number of ether oxygens (including phenoxy) is 1. The molecule has 9 nitrogen and oxygen atoms in total. The minimum absolute atomic E-state index is 0.00919. The van der Waals surface area contributed by atoms with Crippen LogP contribution in [-0.2, 0) is 19.1 Å². The minimum Gasteiger partial charge on any atom is -0.396 e. The Labute approximate surface area is 214 Å². The summed E-state index contributed by atoms with van der Waals surface area (Å²) in [6, 6.07) is 6.80. The first kappa shape index (κ1) is 25.9. The molecule has 3 unspecified atom stereocenters. The van der Waals surface area contributed by atoms with Crippen molar-refractivity contribution in [2.75, 3.05) is 43.5 Å². The first-order valence-electron chi connectivity index (χ1n) is 12.4. The van der Waals surface area contributed by atoms with Gasteiger partial charge in [0.25, 0.3) is 0 Å². The maximum absolute atomic E-state index is 13.8. The topological polar surface area (TPSA) is 111 Å². The lowest BCUT2D eigenvalue weighted by molar-refractivity contribution is -0.140. The third kappa shape index (κ3) is 4.34. The lowest BCUT2D eigenvalue weighted by atomic mass is 9.70. The number of fused-ring (bicyclic) bond motifs is 1. The number of amides is 3. The number of rotatable bonds is 10. The third-order valence-electron chi connectivity index (χ3n) is 7.66. The molecular weight excluding hydrogens is 516 g/mol. The van der Waals surface area contributed by atoms with E-state index in [-0.39, 0.29) is 29.2 Å². The molecule has 1 spiro atoms. The molecule has 3 heterocycles. The van der Waals surface area contributed by atoms with Crippen LogP contribution >= 0.6 is 15.9 Å². The molecule has 192 valence electrons. The van der Waals surface area contributed by atoms with Gasteiger partial charge < -0.3 is 30.3 Å². The molecule has 3 amide bonds. The Hall–Kier alpha value is -2.17. The van der Waals surface area contributed by atoms with E-state index in [1.807, 2.05) is 24.3 Å². The summed E-state index contributed by atoms with van der Waals surface area (Å²) >= 11 is 3.64. The Morgan fingerprint density at radius 2 is 1.89 bits per heavy atom. The van der Waals surface area contributed by atoms with Gasteiger partial charge in [0, 0.05) is 49.5 Å². The van der Waals surface area contributed by atoms with E-state index < -0.39 is 29.6 Å². The van der Waals surface area contributed by atoms with Crippen LogP contribution in [0.15, 0.2) is 24.3 Å². The highest BCUT2D eigenvalue weighted by Crippen LogP contribution is 2.60. The van der Waals surface area contributed by atoms with Gasteiger partial charge in [-0.3, -0.25) is 14.4 Å². The van der Waals surface area contributed by atoms with Crippen molar-refractivity contribution in [2.24, 2.45) is 11.8 Å².